The van der Waals surface area contributed by atoms with Gasteiger partial charge >= 0.3 is 0 Å². The maximum atomic E-state index is 9.27. The second-order valence-corrected chi connectivity index (χ2v) is 10.6. The molecule has 0 bridgehead atoms. The Morgan fingerprint density at radius 1 is 0.636 bits per heavy atom. The lowest BCUT2D eigenvalue weighted by Gasteiger charge is -2.21. The Hall–Kier alpha value is -5.91. The average Bonchev–Trinajstić information content (AvgIpc) is 3.09. The number of benzene rings is 6. The van der Waals surface area contributed by atoms with Gasteiger partial charge in [-0.25, -0.2) is 0 Å². The zero-order chi connectivity index (χ0) is 30.5. The van der Waals surface area contributed by atoms with Crippen LogP contribution in [-0.2, 0) is 6.42 Å². The number of fused-ring (bicyclic) bond motifs is 2. The summed E-state index contributed by atoms with van der Waals surface area (Å²) in [7, 11) is 0. The molecule has 0 aliphatic rings. The Balaban J connectivity index is 1.59. The predicted molar refractivity (Wildman–Crippen MR) is 189 cm³/mol. The van der Waals surface area contributed by atoms with Crippen molar-refractivity contribution in [1.29, 1.82) is 5.26 Å². The first-order valence-corrected chi connectivity index (χ1v) is 14.7. The summed E-state index contributed by atoms with van der Waals surface area (Å²) in [5, 5.41) is 14.0. The molecule has 0 saturated carbocycles. The lowest BCUT2D eigenvalue weighted by atomic mass is 9.82. The maximum absolute atomic E-state index is 9.27. The fraction of sp³-hybridized carbons (Fsp3) is 0.0238. The van der Waals surface area contributed by atoms with Crippen LogP contribution in [0.4, 0.5) is 0 Å². The van der Waals surface area contributed by atoms with Gasteiger partial charge in [0.15, 0.2) is 0 Å². The predicted octanol–water partition coefficient (Wildman–Crippen LogP) is 10.7. The maximum Gasteiger partial charge on any atom is 0.101 e. The van der Waals surface area contributed by atoms with E-state index in [-0.39, 0.29) is 0 Å². The van der Waals surface area contributed by atoms with Crippen LogP contribution in [0.3, 0.4) is 0 Å². The van der Waals surface area contributed by atoms with Gasteiger partial charge in [-0.05, 0) is 90.2 Å². The average molecular weight is 565 g/mol. The van der Waals surface area contributed by atoms with Crippen molar-refractivity contribution in [3.05, 3.63) is 169 Å². The molecule has 0 aliphatic heterocycles. The van der Waals surface area contributed by atoms with Gasteiger partial charge in [-0.3, -0.25) is 0 Å². The number of allylic oxidation sites excluding steroid dienone is 3. The quantitative estimate of drug-likeness (QED) is 0.148. The molecule has 2 N–H and O–H groups in total. The van der Waals surface area contributed by atoms with E-state index in [9.17, 15) is 5.26 Å². The molecule has 0 aromatic heterocycles. The molecule has 2 heteroatoms. The van der Waals surface area contributed by atoms with E-state index in [1.54, 1.807) is 6.08 Å². The minimum Gasteiger partial charge on any atom is -0.404 e. The standard InChI is InChI=1S/C42H32N2/c1-3-35-36(4-2)42(39-21-12-11-20-38(39)41(35)31-17-9-6-10-18-31)34-24-25-37-33(26-34)23-22-32(19-13-14-29(27-43)28-44)40(37)30-15-7-5-8-16-30/h3-18,20-27H,1-2,19,43H2/b14-13-,29-27+. The Bertz CT molecular complexity index is 2130. The molecule has 6 aromatic rings. The van der Waals surface area contributed by atoms with Crippen molar-refractivity contribution in [3.63, 3.8) is 0 Å². The highest BCUT2D eigenvalue weighted by atomic mass is 14.5. The van der Waals surface area contributed by atoms with Crippen molar-refractivity contribution in [2.75, 3.05) is 0 Å². The molecular formula is C42H32N2. The highest BCUT2D eigenvalue weighted by Gasteiger charge is 2.19. The van der Waals surface area contributed by atoms with Crippen molar-refractivity contribution < 1.29 is 0 Å². The van der Waals surface area contributed by atoms with E-state index in [2.05, 4.69) is 122 Å². The summed E-state index contributed by atoms with van der Waals surface area (Å²) in [6, 6.07) is 42.9. The van der Waals surface area contributed by atoms with Gasteiger partial charge < -0.3 is 5.73 Å². The molecular weight excluding hydrogens is 532 g/mol. The van der Waals surface area contributed by atoms with Gasteiger partial charge in [-0.2, -0.15) is 5.26 Å². The molecule has 0 saturated heterocycles. The fourth-order valence-corrected chi connectivity index (χ4v) is 6.22. The SMILES string of the molecule is C=Cc1c(C=C)c(-c2ccc3c(-c4ccccc4)c(C/C=C\C(C#N)=C/N)ccc3c2)c2ccccc2c1-c1ccccc1. The second-order valence-electron chi connectivity index (χ2n) is 10.6. The highest BCUT2D eigenvalue weighted by molar-refractivity contribution is 6.12. The highest BCUT2D eigenvalue weighted by Crippen LogP contribution is 2.44. The molecule has 0 amide bonds. The van der Waals surface area contributed by atoms with Gasteiger partial charge in [-0.15, -0.1) is 0 Å². The van der Waals surface area contributed by atoms with Crippen molar-refractivity contribution in [2.45, 2.75) is 6.42 Å². The monoisotopic (exact) mass is 564 g/mol. The summed E-state index contributed by atoms with van der Waals surface area (Å²) in [5.74, 6) is 0. The molecule has 6 rings (SSSR count). The van der Waals surface area contributed by atoms with E-state index >= 15 is 0 Å². The number of nitriles is 1. The molecule has 0 heterocycles. The largest absolute Gasteiger partial charge is 0.404 e. The van der Waals surface area contributed by atoms with Crippen LogP contribution in [0.15, 0.2) is 152 Å². The molecule has 0 aliphatic carbocycles. The van der Waals surface area contributed by atoms with Crippen LogP contribution < -0.4 is 5.73 Å². The number of hydrogen-bond acceptors (Lipinski definition) is 2. The van der Waals surface area contributed by atoms with Crippen molar-refractivity contribution in [1.82, 2.24) is 0 Å². The lowest BCUT2D eigenvalue weighted by molar-refractivity contribution is 1.27. The third-order valence-electron chi connectivity index (χ3n) is 8.17. The Morgan fingerprint density at radius 2 is 1.20 bits per heavy atom. The van der Waals surface area contributed by atoms with Gasteiger partial charge in [0.1, 0.15) is 6.07 Å². The van der Waals surface area contributed by atoms with Gasteiger partial charge in [0.2, 0.25) is 0 Å². The van der Waals surface area contributed by atoms with Gasteiger partial charge in [0.05, 0.1) is 5.57 Å². The van der Waals surface area contributed by atoms with E-state index < -0.39 is 0 Å². The molecule has 6 aromatic carbocycles. The van der Waals surface area contributed by atoms with E-state index in [1.807, 2.05) is 30.4 Å². The normalized spacial score (nSPS) is 11.6. The number of nitrogens with two attached hydrogens (primary N) is 1. The number of nitrogens with zero attached hydrogens (tertiary/aromatic N) is 1. The zero-order valence-corrected chi connectivity index (χ0v) is 24.5. The van der Waals surface area contributed by atoms with Crippen LogP contribution in [0.2, 0.25) is 0 Å². The van der Waals surface area contributed by atoms with Crippen LogP contribution in [0, 0.1) is 11.3 Å². The topological polar surface area (TPSA) is 49.8 Å². The summed E-state index contributed by atoms with van der Waals surface area (Å²) in [4.78, 5) is 0. The minimum absolute atomic E-state index is 0.444. The fourth-order valence-electron chi connectivity index (χ4n) is 6.22. The third kappa shape index (κ3) is 5.13. The first kappa shape index (κ1) is 28.2. The van der Waals surface area contributed by atoms with Crippen molar-refractivity contribution >= 4 is 33.7 Å². The van der Waals surface area contributed by atoms with Crippen LogP contribution in [-0.4, -0.2) is 0 Å². The molecule has 0 unspecified atom stereocenters. The summed E-state index contributed by atoms with van der Waals surface area (Å²) >= 11 is 0. The summed E-state index contributed by atoms with van der Waals surface area (Å²) in [6.45, 7) is 8.50. The van der Waals surface area contributed by atoms with Gasteiger partial charge in [0.25, 0.3) is 0 Å². The van der Waals surface area contributed by atoms with Gasteiger partial charge in [-0.1, -0.05) is 141 Å². The van der Waals surface area contributed by atoms with E-state index in [4.69, 9.17) is 5.73 Å². The smallest absolute Gasteiger partial charge is 0.101 e. The zero-order valence-electron chi connectivity index (χ0n) is 24.5. The number of hydrogen-bond donors (Lipinski definition) is 1. The van der Waals surface area contributed by atoms with Crippen LogP contribution in [0.5, 0.6) is 0 Å². The molecule has 0 fully saturated rings. The molecule has 210 valence electrons. The second kappa shape index (κ2) is 12.5. The molecule has 44 heavy (non-hydrogen) atoms. The summed E-state index contributed by atoms with van der Waals surface area (Å²) in [6.07, 6.45) is 9.71. The Kier molecular flexibility index (Phi) is 8.04. The first-order chi connectivity index (χ1) is 21.7. The van der Waals surface area contributed by atoms with Crippen LogP contribution in [0.25, 0.3) is 67.1 Å². The van der Waals surface area contributed by atoms with Crippen molar-refractivity contribution in [2.24, 2.45) is 5.73 Å². The Labute approximate surface area is 259 Å². The lowest BCUT2D eigenvalue weighted by Crippen LogP contribution is -1.96. The van der Waals surface area contributed by atoms with Crippen LogP contribution in [0.1, 0.15) is 16.7 Å². The molecule has 0 spiro atoms. The van der Waals surface area contributed by atoms with E-state index in [0.29, 0.717) is 12.0 Å². The van der Waals surface area contributed by atoms with E-state index in [1.165, 1.54) is 39.0 Å². The van der Waals surface area contributed by atoms with Gasteiger partial charge in [0, 0.05) is 6.20 Å². The molecule has 2 nitrogen and oxygen atoms in total. The minimum atomic E-state index is 0.444. The Morgan fingerprint density at radius 3 is 1.77 bits per heavy atom. The number of rotatable bonds is 8. The molecule has 0 atom stereocenters. The third-order valence-corrected chi connectivity index (χ3v) is 8.17. The summed E-state index contributed by atoms with van der Waals surface area (Å²) < 4.78 is 0. The first-order valence-electron chi connectivity index (χ1n) is 14.7. The van der Waals surface area contributed by atoms with E-state index in [0.717, 1.165) is 38.8 Å². The van der Waals surface area contributed by atoms with Crippen LogP contribution >= 0.6 is 0 Å². The summed E-state index contributed by atoms with van der Waals surface area (Å²) in [5.41, 5.74) is 16.3. The molecule has 0 radical (unpaired) electrons. The van der Waals surface area contributed by atoms with Crippen molar-refractivity contribution in [3.8, 4) is 39.4 Å².